The van der Waals surface area contributed by atoms with Crippen molar-refractivity contribution in [3.8, 4) is 0 Å². The molecule has 0 saturated carbocycles. The molecule has 1 aromatic heterocycles. The zero-order chi connectivity index (χ0) is 15.4. The molecule has 1 heterocycles. The number of carbonyl (C=O) groups is 1. The third kappa shape index (κ3) is 3.95. The summed E-state index contributed by atoms with van der Waals surface area (Å²) in [4.78, 5) is 21.7. The molecule has 0 aliphatic rings. The van der Waals surface area contributed by atoms with Crippen LogP contribution in [0.2, 0.25) is 0 Å². The Morgan fingerprint density at radius 1 is 1.29 bits per heavy atom. The molecular formula is C14H14F2N4O. The lowest BCUT2D eigenvalue weighted by atomic mass is 10.1. The standard InChI is InChI=1S/C14H14F2N4O/c1-20(2)14-17-6-5-12(19-14)18-13(21)8-9-7-10(15)3-4-11(9)16/h3-7H,8H2,1-2H3,(H,17,18,19,21). The van der Waals surface area contributed by atoms with Gasteiger partial charge in [0, 0.05) is 25.9 Å². The van der Waals surface area contributed by atoms with E-state index in [1.54, 1.807) is 19.0 Å². The molecule has 0 aliphatic carbocycles. The molecular weight excluding hydrogens is 278 g/mol. The van der Waals surface area contributed by atoms with Crippen molar-refractivity contribution in [1.82, 2.24) is 9.97 Å². The zero-order valence-electron chi connectivity index (χ0n) is 11.6. The maximum Gasteiger partial charge on any atom is 0.230 e. The van der Waals surface area contributed by atoms with Gasteiger partial charge in [-0.05, 0) is 24.3 Å². The first kappa shape index (κ1) is 14.8. The van der Waals surface area contributed by atoms with Gasteiger partial charge in [0.25, 0.3) is 0 Å². The lowest BCUT2D eigenvalue weighted by Crippen LogP contribution is -2.18. The number of nitrogens with one attached hydrogen (secondary N) is 1. The van der Waals surface area contributed by atoms with E-state index in [4.69, 9.17) is 0 Å². The van der Waals surface area contributed by atoms with Crippen LogP contribution < -0.4 is 10.2 Å². The van der Waals surface area contributed by atoms with Crippen molar-refractivity contribution >= 4 is 17.7 Å². The van der Waals surface area contributed by atoms with Gasteiger partial charge in [-0.15, -0.1) is 0 Å². The van der Waals surface area contributed by atoms with Crippen molar-refractivity contribution in [3.05, 3.63) is 47.7 Å². The van der Waals surface area contributed by atoms with E-state index >= 15 is 0 Å². The fourth-order valence-corrected chi connectivity index (χ4v) is 1.67. The van der Waals surface area contributed by atoms with E-state index in [0.29, 0.717) is 11.8 Å². The number of anilines is 2. The molecule has 0 aliphatic heterocycles. The molecule has 0 unspecified atom stereocenters. The monoisotopic (exact) mass is 292 g/mol. The smallest absolute Gasteiger partial charge is 0.230 e. The van der Waals surface area contributed by atoms with Crippen molar-refractivity contribution in [1.29, 1.82) is 0 Å². The number of halogens is 2. The van der Waals surface area contributed by atoms with Crippen molar-refractivity contribution < 1.29 is 13.6 Å². The number of aromatic nitrogens is 2. The molecule has 2 aromatic rings. The van der Waals surface area contributed by atoms with Crippen molar-refractivity contribution in [2.24, 2.45) is 0 Å². The fraction of sp³-hybridized carbons (Fsp3) is 0.214. The van der Waals surface area contributed by atoms with Crippen LogP contribution in [0, 0.1) is 11.6 Å². The van der Waals surface area contributed by atoms with Crippen molar-refractivity contribution in [2.45, 2.75) is 6.42 Å². The highest BCUT2D eigenvalue weighted by Gasteiger charge is 2.11. The van der Waals surface area contributed by atoms with E-state index in [0.717, 1.165) is 18.2 Å². The predicted octanol–water partition coefficient (Wildman–Crippen LogP) is 2.00. The summed E-state index contributed by atoms with van der Waals surface area (Å²) in [6, 6.07) is 4.52. The molecule has 0 bridgehead atoms. The number of amides is 1. The first-order valence-corrected chi connectivity index (χ1v) is 6.20. The first-order valence-electron chi connectivity index (χ1n) is 6.20. The Hall–Kier alpha value is -2.57. The van der Waals surface area contributed by atoms with Crippen LogP contribution in [0.25, 0.3) is 0 Å². The number of rotatable bonds is 4. The molecule has 110 valence electrons. The van der Waals surface area contributed by atoms with E-state index in [9.17, 15) is 13.6 Å². The summed E-state index contributed by atoms with van der Waals surface area (Å²) in [6.45, 7) is 0. The molecule has 2 rings (SSSR count). The Labute approximate surface area is 120 Å². The minimum Gasteiger partial charge on any atom is -0.347 e. The van der Waals surface area contributed by atoms with Gasteiger partial charge in [0.15, 0.2) is 0 Å². The van der Waals surface area contributed by atoms with E-state index in [1.165, 1.54) is 12.3 Å². The van der Waals surface area contributed by atoms with Gasteiger partial charge in [-0.1, -0.05) is 0 Å². The highest BCUT2D eigenvalue weighted by molar-refractivity contribution is 5.91. The Kier molecular flexibility index (Phi) is 4.42. The topological polar surface area (TPSA) is 58.1 Å². The van der Waals surface area contributed by atoms with Gasteiger partial charge in [-0.25, -0.2) is 13.8 Å². The third-order valence-electron chi connectivity index (χ3n) is 2.67. The summed E-state index contributed by atoms with van der Waals surface area (Å²) in [5.74, 6) is -0.956. The van der Waals surface area contributed by atoms with Crippen LogP contribution in [-0.4, -0.2) is 30.0 Å². The number of benzene rings is 1. The summed E-state index contributed by atoms with van der Waals surface area (Å²) in [6.07, 6.45) is 1.23. The second kappa shape index (κ2) is 6.25. The van der Waals surface area contributed by atoms with Crippen LogP contribution in [0.3, 0.4) is 0 Å². The molecule has 0 fully saturated rings. The average molecular weight is 292 g/mol. The molecule has 0 atom stereocenters. The van der Waals surface area contributed by atoms with Gasteiger partial charge in [-0.2, -0.15) is 4.98 Å². The van der Waals surface area contributed by atoms with Crippen molar-refractivity contribution in [3.63, 3.8) is 0 Å². The molecule has 0 saturated heterocycles. The Balaban J connectivity index is 2.08. The molecule has 0 spiro atoms. The molecule has 7 heteroatoms. The van der Waals surface area contributed by atoms with Gasteiger partial charge >= 0.3 is 0 Å². The molecule has 0 radical (unpaired) electrons. The van der Waals surface area contributed by atoms with Crippen LogP contribution in [0.4, 0.5) is 20.5 Å². The largest absolute Gasteiger partial charge is 0.347 e. The maximum absolute atomic E-state index is 13.5. The Bertz CT molecular complexity index is 661. The van der Waals surface area contributed by atoms with Gasteiger partial charge in [0.05, 0.1) is 6.42 Å². The summed E-state index contributed by atoms with van der Waals surface area (Å²) in [5.41, 5.74) is -0.00520. The maximum atomic E-state index is 13.5. The van der Waals surface area contributed by atoms with Crippen LogP contribution in [0.5, 0.6) is 0 Å². The summed E-state index contributed by atoms with van der Waals surface area (Å²) in [7, 11) is 3.53. The normalized spacial score (nSPS) is 10.3. The summed E-state index contributed by atoms with van der Waals surface area (Å²) in [5, 5.41) is 2.53. The van der Waals surface area contributed by atoms with Gasteiger partial charge in [0.2, 0.25) is 11.9 Å². The van der Waals surface area contributed by atoms with Crippen molar-refractivity contribution in [2.75, 3.05) is 24.3 Å². The number of nitrogens with zero attached hydrogens (tertiary/aromatic N) is 3. The fourth-order valence-electron chi connectivity index (χ4n) is 1.67. The van der Waals surface area contributed by atoms with Gasteiger partial charge in [0.1, 0.15) is 17.5 Å². The van der Waals surface area contributed by atoms with Crippen LogP contribution in [0.15, 0.2) is 30.5 Å². The lowest BCUT2D eigenvalue weighted by Gasteiger charge is -2.11. The van der Waals surface area contributed by atoms with Crippen LogP contribution in [-0.2, 0) is 11.2 Å². The zero-order valence-corrected chi connectivity index (χ0v) is 11.6. The predicted molar refractivity (Wildman–Crippen MR) is 75.1 cm³/mol. The Morgan fingerprint density at radius 2 is 2.05 bits per heavy atom. The Morgan fingerprint density at radius 3 is 2.76 bits per heavy atom. The third-order valence-corrected chi connectivity index (χ3v) is 2.67. The van der Waals surface area contributed by atoms with E-state index in [-0.39, 0.29) is 12.0 Å². The first-order chi connectivity index (χ1) is 9.95. The van der Waals surface area contributed by atoms with E-state index in [1.807, 2.05) is 0 Å². The summed E-state index contributed by atoms with van der Waals surface area (Å²) < 4.78 is 26.5. The molecule has 21 heavy (non-hydrogen) atoms. The quantitative estimate of drug-likeness (QED) is 0.936. The lowest BCUT2D eigenvalue weighted by molar-refractivity contribution is -0.115. The van der Waals surface area contributed by atoms with Crippen LogP contribution in [0.1, 0.15) is 5.56 Å². The second-order valence-corrected chi connectivity index (χ2v) is 4.60. The van der Waals surface area contributed by atoms with Crippen LogP contribution >= 0.6 is 0 Å². The second-order valence-electron chi connectivity index (χ2n) is 4.60. The van der Waals surface area contributed by atoms with E-state index < -0.39 is 17.5 Å². The number of carbonyl (C=O) groups excluding carboxylic acids is 1. The highest BCUT2D eigenvalue weighted by atomic mass is 19.1. The minimum absolute atomic E-state index is 0.00520. The number of hydrogen-bond acceptors (Lipinski definition) is 4. The molecule has 1 aromatic carbocycles. The van der Waals surface area contributed by atoms with Gasteiger partial charge in [-0.3, -0.25) is 4.79 Å². The minimum atomic E-state index is -0.622. The van der Waals surface area contributed by atoms with E-state index in [2.05, 4.69) is 15.3 Å². The van der Waals surface area contributed by atoms with Gasteiger partial charge < -0.3 is 10.2 Å². The molecule has 1 amide bonds. The molecule has 1 N–H and O–H groups in total. The highest BCUT2D eigenvalue weighted by Crippen LogP contribution is 2.12. The SMILES string of the molecule is CN(C)c1nccc(NC(=O)Cc2cc(F)ccc2F)n1. The average Bonchev–Trinajstić information content (AvgIpc) is 2.43. The summed E-state index contributed by atoms with van der Waals surface area (Å²) >= 11 is 0. The number of hydrogen-bond donors (Lipinski definition) is 1. The molecule has 5 nitrogen and oxygen atoms in total.